The van der Waals surface area contributed by atoms with Crippen molar-refractivity contribution < 1.29 is 13.9 Å². The first-order chi connectivity index (χ1) is 7.63. The van der Waals surface area contributed by atoms with Crippen molar-refractivity contribution in [3.8, 4) is 0 Å². The smallest absolute Gasteiger partial charge is 0.315 e. The van der Waals surface area contributed by atoms with Gasteiger partial charge in [0, 0.05) is 13.7 Å². The third kappa shape index (κ3) is 3.90. The predicted molar refractivity (Wildman–Crippen MR) is 58.1 cm³/mol. The van der Waals surface area contributed by atoms with Crippen LogP contribution in [0, 0.1) is 13.8 Å². The number of carbonyl (C=O) groups is 1. The molecule has 1 aromatic heterocycles. The van der Waals surface area contributed by atoms with Crippen LogP contribution in [0.4, 0.5) is 4.79 Å². The summed E-state index contributed by atoms with van der Waals surface area (Å²) in [6.45, 7) is 4.95. The highest BCUT2D eigenvalue weighted by atomic mass is 16.5. The summed E-state index contributed by atoms with van der Waals surface area (Å²) in [5.41, 5.74) is 0.844. The van der Waals surface area contributed by atoms with Gasteiger partial charge in [-0.25, -0.2) is 9.78 Å². The summed E-state index contributed by atoms with van der Waals surface area (Å²) < 4.78 is 10.1. The van der Waals surface area contributed by atoms with E-state index >= 15 is 0 Å². The summed E-state index contributed by atoms with van der Waals surface area (Å²) in [6.07, 6.45) is 0. The van der Waals surface area contributed by atoms with E-state index in [2.05, 4.69) is 15.6 Å². The van der Waals surface area contributed by atoms with Gasteiger partial charge in [0.1, 0.15) is 5.76 Å². The number of ether oxygens (including phenoxy) is 1. The van der Waals surface area contributed by atoms with E-state index in [-0.39, 0.29) is 12.6 Å². The summed E-state index contributed by atoms with van der Waals surface area (Å²) in [6, 6.07) is -0.259. The quantitative estimate of drug-likeness (QED) is 0.727. The molecule has 0 unspecified atom stereocenters. The number of nitrogens with zero attached hydrogens (tertiary/aromatic N) is 1. The molecule has 6 heteroatoms. The Hall–Kier alpha value is -1.56. The molecule has 0 saturated carbocycles. The highest BCUT2D eigenvalue weighted by Crippen LogP contribution is 2.07. The van der Waals surface area contributed by atoms with Crippen molar-refractivity contribution in [1.29, 1.82) is 0 Å². The van der Waals surface area contributed by atoms with E-state index in [1.807, 2.05) is 13.8 Å². The van der Waals surface area contributed by atoms with Gasteiger partial charge in [-0.15, -0.1) is 0 Å². The summed E-state index contributed by atoms with van der Waals surface area (Å²) in [7, 11) is 1.58. The second-order valence-electron chi connectivity index (χ2n) is 3.35. The molecule has 6 nitrogen and oxygen atoms in total. The van der Waals surface area contributed by atoms with Crippen LogP contribution in [0.15, 0.2) is 4.42 Å². The fourth-order valence-corrected chi connectivity index (χ4v) is 1.10. The van der Waals surface area contributed by atoms with Gasteiger partial charge in [-0.2, -0.15) is 0 Å². The topological polar surface area (TPSA) is 76.4 Å². The van der Waals surface area contributed by atoms with Gasteiger partial charge in [-0.1, -0.05) is 0 Å². The number of nitrogens with one attached hydrogen (secondary N) is 2. The zero-order valence-corrected chi connectivity index (χ0v) is 9.79. The zero-order valence-electron chi connectivity index (χ0n) is 9.79. The Balaban J connectivity index is 2.26. The standard InChI is InChI=1S/C10H17N3O3/c1-7-8(2)16-9(13-7)6-12-10(14)11-4-5-15-3/h4-6H2,1-3H3,(H2,11,12,14). The number of aryl methyl sites for hydroxylation is 2. The van der Waals surface area contributed by atoms with E-state index in [1.165, 1.54) is 0 Å². The van der Waals surface area contributed by atoms with E-state index in [0.717, 1.165) is 11.5 Å². The summed E-state index contributed by atoms with van der Waals surface area (Å²) in [5, 5.41) is 5.27. The van der Waals surface area contributed by atoms with Crippen molar-refractivity contribution >= 4 is 6.03 Å². The zero-order chi connectivity index (χ0) is 12.0. The van der Waals surface area contributed by atoms with Crippen molar-refractivity contribution in [3.05, 3.63) is 17.3 Å². The van der Waals surface area contributed by atoms with E-state index in [4.69, 9.17) is 9.15 Å². The molecular weight excluding hydrogens is 210 g/mol. The van der Waals surface area contributed by atoms with Crippen LogP contribution in [0.1, 0.15) is 17.3 Å². The average molecular weight is 227 g/mol. The molecule has 90 valence electrons. The molecule has 0 fully saturated rings. The van der Waals surface area contributed by atoms with Crippen LogP contribution < -0.4 is 10.6 Å². The highest BCUT2D eigenvalue weighted by molar-refractivity contribution is 5.73. The van der Waals surface area contributed by atoms with Gasteiger partial charge in [-0.05, 0) is 13.8 Å². The first-order valence-corrected chi connectivity index (χ1v) is 5.07. The molecule has 0 atom stereocenters. The summed E-state index contributed by atoms with van der Waals surface area (Å²) in [5.74, 6) is 1.29. The van der Waals surface area contributed by atoms with Crippen LogP contribution >= 0.6 is 0 Å². The molecule has 2 N–H and O–H groups in total. The van der Waals surface area contributed by atoms with Gasteiger partial charge in [0.2, 0.25) is 5.89 Å². The fourth-order valence-electron chi connectivity index (χ4n) is 1.10. The number of hydrogen-bond donors (Lipinski definition) is 2. The Morgan fingerprint density at radius 3 is 2.75 bits per heavy atom. The lowest BCUT2D eigenvalue weighted by Gasteiger charge is -2.04. The third-order valence-corrected chi connectivity index (χ3v) is 2.06. The van der Waals surface area contributed by atoms with Crippen LogP contribution in [-0.2, 0) is 11.3 Å². The minimum absolute atomic E-state index is 0.259. The van der Waals surface area contributed by atoms with Crippen molar-refractivity contribution in [2.24, 2.45) is 0 Å². The number of rotatable bonds is 5. The van der Waals surface area contributed by atoms with Gasteiger partial charge in [-0.3, -0.25) is 0 Å². The summed E-state index contributed by atoms with van der Waals surface area (Å²) in [4.78, 5) is 15.4. The molecule has 1 rings (SSSR count). The number of aromatic nitrogens is 1. The lowest BCUT2D eigenvalue weighted by molar-refractivity contribution is 0.195. The van der Waals surface area contributed by atoms with E-state index in [9.17, 15) is 4.79 Å². The number of methoxy groups -OCH3 is 1. The van der Waals surface area contributed by atoms with Crippen LogP contribution in [0.5, 0.6) is 0 Å². The van der Waals surface area contributed by atoms with Crippen LogP contribution in [0.25, 0.3) is 0 Å². The van der Waals surface area contributed by atoms with Gasteiger partial charge in [0.15, 0.2) is 0 Å². The molecule has 0 aliphatic carbocycles. The largest absolute Gasteiger partial charge is 0.444 e. The predicted octanol–water partition coefficient (Wildman–Crippen LogP) is 0.737. The average Bonchev–Trinajstić information content (AvgIpc) is 2.56. The molecule has 0 aliphatic rings. The Morgan fingerprint density at radius 2 is 2.19 bits per heavy atom. The van der Waals surface area contributed by atoms with Crippen molar-refractivity contribution in [1.82, 2.24) is 15.6 Å². The molecular formula is C10H17N3O3. The maximum Gasteiger partial charge on any atom is 0.315 e. The van der Waals surface area contributed by atoms with E-state index < -0.39 is 0 Å². The number of amides is 2. The Bertz CT molecular complexity index is 330. The minimum atomic E-state index is -0.259. The molecule has 0 saturated heterocycles. The Morgan fingerprint density at radius 1 is 1.44 bits per heavy atom. The van der Waals surface area contributed by atoms with Crippen molar-refractivity contribution in [3.63, 3.8) is 0 Å². The number of urea groups is 1. The second-order valence-corrected chi connectivity index (χ2v) is 3.35. The molecule has 0 bridgehead atoms. The minimum Gasteiger partial charge on any atom is -0.444 e. The molecule has 2 amide bonds. The normalized spacial score (nSPS) is 10.2. The highest BCUT2D eigenvalue weighted by Gasteiger charge is 2.06. The maximum atomic E-state index is 11.2. The van der Waals surface area contributed by atoms with Crippen LogP contribution in [-0.4, -0.2) is 31.3 Å². The van der Waals surface area contributed by atoms with Gasteiger partial charge < -0.3 is 19.8 Å². The molecule has 0 radical (unpaired) electrons. The van der Waals surface area contributed by atoms with Crippen LogP contribution in [0.2, 0.25) is 0 Å². The number of carbonyl (C=O) groups excluding carboxylic acids is 1. The van der Waals surface area contributed by atoms with Crippen molar-refractivity contribution in [2.45, 2.75) is 20.4 Å². The number of hydrogen-bond acceptors (Lipinski definition) is 4. The maximum absolute atomic E-state index is 11.2. The fraction of sp³-hybridized carbons (Fsp3) is 0.600. The Kier molecular flexibility index (Phi) is 4.78. The number of oxazole rings is 1. The monoisotopic (exact) mass is 227 g/mol. The third-order valence-electron chi connectivity index (χ3n) is 2.06. The molecule has 0 aliphatic heterocycles. The van der Waals surface area contributed by atoms with Crippen molar-refractivity contribution in [2.75, 3.05) is 20.3 Å². The van der Waals surface area contributed by atoms with Gasteiger partial charge >= 0.3 is 6.03 Å². The first-order valence-electron chi connectivity index (χ1n) is 5.07. The molecule has 16 heavy (non-hydrogen) atoms. The van der Waals surface area contributed by atoms with Gasteiger partial charge in [0.25, 0.3) is 0 Å². The summed E-state index contributed by atoms with van der Waals surface area (Å²) >= 11 is 0. The molecule has 1 aromatic rings. The first kappa shape index (κ1) is 12.5. The molecule has 0 spiro atoms. The lowest BCUT2D eigenvalue weighted by Crippen LogP contribution is -2.36. The van der Waals surface area contributed by atoms with Gasteiger partial charge in [0.05, 0.1) is 18.8 Å². The Labute approximate surface area is 94.4 Å². The molecule has 0 aromatic carbocycles. The lowest BCUT2D eigenvalue weighted by atomic mass is 10.4. The SMILES string of the molecule is COCCNC(=O)NCc1nc(C)c(C)o1. The van der Waals surface area contributed by atoms with Crippen LogP contribution in [0.3, 0.4) is 0 Å². The van der Waals surface area contributed by atoms with E-state index in [0.29, 0.717) is 19.0 Å². The molecule has 1 heterocycles. The second kappa shape index (κ2) is 6.12. The van der Waals surface area contributed by atoms with E-state index in [1.54, 1.807) is 7.11 Å².